The van der Waals surface area contributed by atoms with E-state index in [0.717, 1.165) is 6.20 Å². The summed E-state index contributed by atoms with van der Waals surface area (Å²) < 4.78 is 43.6. The summed E-state index contributed by atoms with van der Waals surface area (Å²) in [7, 11) is 0. The van der Waals surface area contributed by atoms with Gasteiger partial charge in [-0.25, -0.2) is 4.68 Å². The maximum absolute atomic E-state index is 12.7. The predicted octanol–water partition coefficient (Wildman–Crippen LogP) is 2.73. The van der Waals surface area contributed by atoms with E-state index in [9.17, 15) is 22.8 Å². The second kappa shape index (κ2) is 7.27. The first kappa shape index (κ1) is 18.3. The van der Waals surface area contributed by atoms with Crippen molar-refractivity contribution < 1.29 is 22.4 Å². The summed E-state index contributed by atoms with van der Waals surface area (Å²) in [6, 6.07) is 2.91. The van der Waals surface area contributed by atoms with E-state index in [-0.39, 0.29) is 15.8 Å². The fourth-order valence-corrected chi connectivity index (χ4v) is 2.10. The first-order valence-electron chi connectivity index (χ1n) is 6.45. The minimum Gasteiger partial charge on any atom is -0.467 e. The molecule has 2 heterocycles. The van der Waals surface area contributed by atoms with E-state index >= 15 is 0 Å². The van der Waals surface area contributed by atoms with Gasteiger partial charge in [0.25, 0.3) is 5.56 Å². The van der Waals surface area contributed by atoms with Crippen molar-refractivity contribution in [3.8, 4) is 0 Å². The van der Waals surface area contributed by atoms with Crippen LogP contribution in [0.2, 0.25) is 10.0 Å². The highest BCUT2D eigenvalue weighted by atomic mass is 35.5. The standard InChI is InChI=1S/C13H10Cl2F3N3O3/c14-9-4-19-21(12(23)11(9)15)6-10(22)20(7-13(16,17)18)5-8-2-1-3-24-8/h1-4H,5-7H2. The number of alkyl halides is 3. The first-order chi connectivity index (χ1) is 11.2. The monoisotopic (exact) mass is 383 g/mol. The zero-order valence-corrected chi connectivity index (χ0v) is 13.4. The molecule has 0 saturated carbocycles. The molecule has 0 radical (unpaired) electrons. The molecule has 24 heavy (non-hydrogen) atoms. The normalized spacial score (nSPS) is 11.5. The number of carbonyl (C=O) groups is 1. The van der Waals surface area contributed by atoms with E-state index in [4.69, 9.17) is 27.6 Å². The van der Waals surface area contributed by atoms with E-state index in [2.05, 4.69) is 5.10 Å². The lowest BCUT2D eigenvalue weighted by atomic mass is 10.3. The van der Waals surface area contributed by atoms with Crippen LogP contribution in [0, 0.1) is 0 Å². The number of hydrogen-bond acceptors (Lipinski definition) is 4. The topological polar surface area (TPSA) is 68.3 Å². The van der Waals surface area contributed by atoms with E-state index in [1.807, 2.05) is 0 Å². The van der Waals surface area contributed by atoms with Crippen molar-refractivity contribution in [1.29, 1.82) is 0 Å². The molecule has 2 aromatic rings. The largest absolute Gasteiger partial charge is 0.467 e. The lowest BCUT2D eigenvalue weighted by molar-refractivity contribution is -0.163. The van der Waals surface area contributed by atoms with Crippen molar-refractivity contribution >= 4 is 29.1 Å². The van der Waals surface area contributed by atoms with Gasteiger partial charge in [-0.2, -0.15) is 18.3 Å². The van der Waals surface area contributed by atoms with Gasteiger partial charge in [-0.15, -0.1) is 0 Å². The maximum atomic E-state index is 12.7. The summed E-state index contributed by atoms with van der Waals surface area (Å²) in [6.07, 6.45) is -2.31. The fraction of sp³-hybridized carbons (Fsp3) is 0.308. The lowest BCUT2D eigenvalue weighted by Gasteiger charge is -2.23. The van der Waals surface area contributed by atoms with Gasteiger partial charge in [-0.3, -0.25) is 9.59 Å². The van der Waals surface area contributed by atoms with Gasteiger partial charge < -0.3 is 9.32 Å². The van der Waals surface area contributed by atoms with Crippen molar-refractivity contribution in [2.45, 2.75) is 19.3 Å². The average molecular weight is 384 g/mol. The van der Waals surface area contributed by atoms with Crippen molar-refractivity contribution in [3.63, 3.8) is 0 Å². The Labute approximate surface area is 143 Å². The van der Waals surface area contributed by atoms with Gasteiger partial charge in [0.05, 0.1) is 24.0 Å². The second-order valence-corrected chi connectivity index (χ2v) is 5.50. The molecule has 0 N–H and O–H groups in total. The third-order valence-corrected chi connectivity index (χ3v) is 3.63. The van der Waals surface area contributed by atoms with Crippen LogP contribution < -0.4 is 5.56 Å². The smallest absolute Gasteiger partial charge is 0.406 e. The lowest BCUT2D eigenvalue weighted by Crippen LogP contribution is -2.42. The van der Waals surface area contributed by atoms with Gasteiger partial charge in [-0.1, -0.05) is 23.2 Å². The number of rotatable bonds is 5. The Balaban J connectivity index is 2.21. The molecule has 0 bridgehead atoms. The van der Waals surface area contributed by atoms with Crippen molar-refractivity contribution in [1.82, 2.24) is 14.7 Å². The summed E-state index contributed by atoms with van der Waals surface area (Å²) >= 11 is 11.2. The SMILES string of the molecule is O=C(Cn1ncc(Cl)c(Cl)c1=O)N(Cc1ccco1)CC(F)(F)F. The Kier molecular flexibility index (Phi) is 5.55. The quantitative estimate of drug-likeness (QED) is 0.795. The number of hydrogen-bond donors (Lipinski definition) is 0. The minimum atomic E-state index is -4.61. The van der Waals surface area contributed by atoms with E-state index in [0.29, 0.717) is 9.58 Å². The predicted molar refractivity (Wildman–Crippen MR) is 78.7 cm³/mol. The fourth-order valence-electron chi connectivity index (χ4n) is 1.83. The molecule has 0 atom stereocenters. The van der Waals surface area contributed by atoms with Crippen molar-refractivity contribution in [2.24, 2.45) is 0 Å². The molecule has 2 rings (SSSR count). The first-order valence-corrected chi connectivity index (χ1v) is 7.21. The molecule has 11 heteroatoms. The average Bonchev–Trinajstić information content (AvgIpc) is 2.99. The number of carbonyl (C=O) groups excluding carboxylic acids is 1. The Morgan fingerprint density at radius 3 is 2.67 bits per heavy atom. The zero-order chi connectivity index (χ0) is 17.9. The van der Waals surface area contributed by atoms with Crippen LogP contribution in [0.3, 0.4) is 0 Å². The summed E-state index contributed by atoms with van der Waals surface area (Å²) in [6.45, 7) is -2.61. The van der Waals surface area contributed by atoms with Crippen molar-refractivity contribution in [3.05, 3.63) is 50.8 Å². The summed E-state index contributed by atoms with van der Waals surface area (Å²) in [4.78, 5) is 24.5. The minimum absolute atomic E-state index is 0.118. The van der Waals surface area contributed by atoms with Crippen LogP contribution in [-0.2, 0) is 17.9 Å². The van der Waals surface area contributed by atoms with Crippen molar-refractivity contribution in [2.75, 3.05) is 6.54 Å². The Morgan fingerprint density at radius 1 is 1.38 bits per heavy atom. The molecule has 0 aliphatic carbocycles. The maximum Gasteiger partial charge on any atom is 0.406 e. The molecule has 0 saturated heterocycles. The van der Waals surface area contributed by atoms with Gasteiger partial charge in [0.1, 0.15) is 23.9 Å². The van der Waals surface area contributed by atoms with Gasteiger partial charge in [0, 0.05) is 0 Å². The van der Waals surface area contributed by atoms with Crippen LogP contribution >= 0.6 is 23.2 Å². The molecule has 130 valence electrons. The summed E-state index contributed by atoms with van der Waals surface area (Å²) in [5, 5.41) is 3.10. The molecule has 2 aromatic heterocycles. The number of nitrogens with zero attached hydrogens (tertiary/aromatic N) is 3. The molecular formula is C13H10Cl2F3N3O3. The third kappa shape index (κ3) is 4.75. The molecule has 0 aliphatic heterocycles. The van der Waals surface area contributed by atoms with E-state index in [1.165, 1.54) is 18.4 Å². The number of furan rings is 1. The Hall–Kier alpha value is -2.00. The molecule has 0 aromatic carbocycles. The Bertz CT molecular complexity index is 775. The molecule has 6 nitrogen and oxygen atoms in total. The number of halogens is 5. The Morgan fingerprint density at radius 2 is 2.08 bits per heavy atom. The number of amides is 1. The molecule has 1 amide bonds. The molecule has 0 aliphatic rings. The highest BCUT2D eigenvalue weighted by Gasteiger charge is 2.33. The highest BCUT2D eigenvalue weighted by molar-refractivity contribution is 6.41. The van der Waals surface area contributed by atoms with Gasteiger partial charge in [-0.05, 0) is 12.1 Å². The van der Waals surface area contributed by atoms with Crippen LogP contribution in [0.5, 0.6) is 0 Å². The van der Waals surface area contributed by atoms with E-state index < -0.39 is 37.3 Å². The van der Waals surface area contributed by atoms with Gasteiger partial charge in [0.2, 0.25) is 5.91 Å². The molecule has 0 fully saturated rings. The second-order valence-electron chi connectivity index (χ2n) is 4.71. The molecule has 0 spiro atoms. The highest BCUT2D eigenvalue weighted by Crippen LogP contribution is 2.19. The van der Waals surface area contributed by atoms with Crippen LogP contribution in [0.15, 0.2) is 33.8 Å². The molecule has 0 unspecified atom stereocenters. The van der Waals surface area contributed by atoms with Crippen LogP contribution in [0.4, 0.5) is 13.2 Å². The van der Waals surface area contributed by atoms with Crippen LogP contribution in [0.25, 0.3) is 0 Å². The summed E-state index contributed by atoms with van der Waals surface area (Å²) in [5.74, 6) is -0.807. The zero-order valence-electron chi connectivity index (χ0n) is 11.9. The van der Waals surface area contributed by atoms with Crippen LogP contribution in [-0.4, -0.2) is 33.3 Å². The summed E-state index contributed by atoms with van der Waals surface area (Å²) in [5.41, 5.74) is -0.873. The van der Waals surface area contributed by atoms with E-state index in [1.54, 1.807) is 0 Å². The molecular weight excluding hydrogens is 374 g/mol. The third-order valence-electron chi connectivity index (χ3n) is 2.88. The van der Waals surface area contributed by atoms with Crippen LogP contribution in [0.1, 0.15) is 5.76 Å². The van der Waals surface area contributed by atoms with Gasteiger partial charge in [0.15, 0.2) is 0 Å². The van der Waals surface area contributed by atoms with Gasteiger partial charge >= 0.3 is 6.18 Å². The number of aromatic nitrogens is 2.